The summed E-state index contributed by atoms with van der Waals surface area (Å²) in [6, 6.07) is 61.0. The molecule has 0 unspecified atom stereocenters. The number of para-hydroxylation sites is 4. The number of anilines is 3. The van der Waals surface area contributed by atoms with Crippen LogP contribution in [0.4, 0.5) is 17.1 Å². The van der Waals surface area contributed by atoms with Crippen LogP contribution in [0.1, 0.15) is 0 Å². The molecule has 0 aliphatic rings. The maximum absolute atomic E-state index is 6.67. The van der Waals surface area contributed by atoms with E-state index in [0.29, 0.717) is 11.5 Å². The van der Waals surface area contributed by atoms with Gasteiger partial charge in [-0.05, 0) is 84.9 Å². The smallest absolute Gasteiger partial charge is 0.227 e. The number of hydrogen-bond acceptors (Lipinski definition) is 5. The summed E-state index contributed by atoms with van der Waals surface area (Å²) < 4.78 is 21.8. The molecule has 55 heavy (non-hydrogen) atoms. The molecule has 6 heteroatoms. The first kappa shape index (κ1) is 29.9. The van der Waals surface area contributed by atoms with Crippen LogP contribution in [0.15, 0.2) is 189 Å². The molecule has 0 aliphatic carbocycles. The van der Waals surface area contributed by atoms with Crippen LogP contribution < -0.4 is 4.90 Å². The average Bonchev–Trinajstić information content (AvgIpc) is 4.01. The first-order valence-electron chi connectivity index (χ1n) is 18.4. The van der Waals surface area contributed by atoms with Crippen molar-refractivity contribution in [3.05, 3.63) is 176 Å². The van der Waals surface area contributed by atoms with Crippen molar-refractivity contribution in [3.63, 3.8) is 0 Å². The maximum Gasteiger partial charge on any atom is 0.227 e. The van der Waals surface area contributed by atoms with E-state index in [2.05, 4.69) is 137 Å². The lowest BCUT2D eigenvalue weighted by Crippen LogP contribution is -2.10. The topological polar surface area (TPSA) is 60.5 Å². The number of benzene rings is 8. The Morgan fingerprint density at radius 1 is 0.418 bits per heavy atom. The summed E-state index contributed by atoms with van der Waals surface area (Å²) in [5, 5.41) is 6.45. The molecule has 0 saturated carbocycles. The summed E-state index contributed by atoms with van der Waals surface area (Å²) in [5.74, 6) is 0.586. The van der Waals surface area contributed by atoms with E-state index < -0.39 is 0 Å². The van der Waals surface area contributed by atoms with Crippen LogP contribution in [-0.4, -0.2) is 9.55 Å². The number of fused-ring (bicyclic) bond motifs is 10. The summed E-state index contributed by atoms with van der Waals surface area (Å²) in [6.07, 6.45) is 0. The summed E-state index contributed by atoms with van der Waals surface area (Å²) in [7, 11) is 0. The lowest BCUT2D eigenvalue weighted by molar-refractivity contribution is 0.620. The zero-order valence-electron chi connectivity index (χ0n) is 29.3. The average molecular weight is 708 g/mol. The van der Waals surface area contributed by atoms with Gasteiger partial charge in [-0.3, -0.25) is 0 Å². The molecule has 0 atom stereocenters. The largest absolute Gasteiger partial charge is 0.456 e. The van der Waals surface area contributed by atoms with Gasteiger partial charge in [0.05, 0.1) is 16.7 Å². The molecule has 0 saturated heterocycles. The highest BCUT2D eigenvalue weighted by Gasteiger charge is 2.23. The van der Waals surface area contributed by atoms with E-state index in [1.807, 2.05) is 48.5 Å². The lowest BCUT2D eigenvalue weighted by Gasteiger charge is -2.26. The lowest BCUT2D eigenvalue weighted by atomic mass is 10.1. The third kappa shape index (κ3) is 4.52. The SMILES string of the molecule is c1ccc(-c2nc3cc4oc5ccc(N(c6ccc7c(c6)c6ccccc6n7-c6ccccc6)c6cccc7c6oc6ccccc67)cc5c4cc3o2)cc1. The van der Waals surface area contributed by atoms with E-state index in [1.54, 1.807) is 0 Å². The Hall–Kier alpha value is -7.57. The third-order valence-corrected chi connectivity index (χ3v) is 10.8. The van der Waals surface area contributed by atoms with E-state index in [0.717, 1.165) is 94.1 Å². The Balaban J connectivity index is 1.10. The van der Waals surface area contributed by atoms with Crippen molar-refractivity contribution < 1.29 is 13.3 Å². The van der Waals surface area contributed by atoms with Crippen LogP contribution >= 0.6 is 0 Å². The van der Waals surface area contributed by atoms with Crippen LogP contribution in [0.3, 0.4) is 0 Å². The number of aromatic nitrogens is 2. The van der Waals surface area contributed by atoms with Crippen LogP contribution in [-0.2, 0) is 0 Å². The fourth-order valence-corrected chi connectivity index (χ4v) is 8.32. The summed E-state index contributed by atoms with van der Waals surface area (Å²) in [5.41, 5.74) is 12.0. The van der Waals surface area contributed by atoms with E-state index in [9.17, 15) is 0 Å². The molecule has 12 rings (SSSR count). The van der Waals surface area contributed by atoms with E-state index in [1.165, 1.54) is 5.39 Å². The Morgan fingerprint density at radius 2 is 1.09 bits per heavy atom. The van der Waals surface area contributed by atoms with E-state index >= 15 is 0 Å². The van der Waals surface area contributed by atoms with Gasteiger partial charge in [-0.1, -0.05) is 84.9 Å². The van der Waals surface area contributed by atoms with Gasteiger partial charge in [0.1, 0.15) is 22.3 Å². The van der Waals surface area contributed by atoms with Gasteiger partial charge in [-0.2, -0.15) is 0 Å². The van der Waals surface area contributed by atoms with E-state index in [-0.39, 0.29) is 0 Å². The molecule has 12 aromatic rings. The summed E-state index contributed by atoms with van der Waals surface area (Å²) >= 11 is 0. The van der Waals surface area contributed by atoms with Crippen molar-refractivity contribution in [1.29, 1.82) is 0 Å². The standard InChI is InChI=1S/C49H29N3O3/c1-3-12-30(13-4-1)49-50-40-29-46-39(28-47(40)55-49)38-27-33(23-25-45(38)53-46)51(43-20-11-18-36-35-17-8-10-21-44(35)54-48(36)43)32-22-24-42-37(26-32)34-16-7-9-19-41(34)52(42)31-14-5-2-6-15-31/h1-29H. The third-order valence-electron chi connectivity index (χ3n) is 10.8. The molecule has 0 N–H and O–H groups in total. The van der Waals surface area contributed by atoms with Crippen LogP contribution in [0.5, 0.6) is 0 Å². The molecule has 258 valence electrons. The molecular formula is C49H29N3O3. The van der Waals surface area contributed by atoms with Crippen molar-refractivity contribution >= 4 is 93.8 Å². The molecule has 0 radical (unpaired) electrons. The summed E-state index contributed by atoms with van der Waals surface area (Å²) in [4.78, 5) is 7.10. The molecule has 0 aliphatic heterocycles. The second-order valence-electron chi connectivity index (χ2n) is 14.0. The molecule has 6 nitrogen and oxygen atoms in total. The minimum Gasteiger partial charge on any atom is -0.456 e. The van der Waals surface area contributed by atoms with Gasteiger partial charge in [-0.25, -0.2) is 4.98 Å². The van der Waals surface area contributed by atoms with Gasteiger partial charge in [0.15, 0.2) is 11.2 Å². The molecule has 0 bridgehead atoms. The predicted octanol–water partition coefficient (Wildman–Crippen LogP) is 13.9. The Bertz CT molecular complexity index is 3440. The second-order valence-corrected chi connectivity index (χ2v) is 14.0. The highest BCUT2D eigenvalue weighted by molar-refractivity contribution is 6.14. The van der Waals surface area contributed by atoms with Gasteiger partial charge in [0.25, 0.3) is 0 Å². The fraction of sp³-hybridized carbons (Fsp3) is 0. The van der Waals surface area contributed by atoms with E-state index in [4.69, 9.17) is 18.2 Å². The van der Waals surface area contributed by atoms with Crippen molar-refractivity contribution in [2.45, 2.75) is 0 Å². The van der Waals surface area contributed by atoms with Gasteiger partial charge < -0.3 is 22.7 Å². The number of rotatable bonds is 5. The molecule has 0 fully saturated rings. The molecule has 0 spiro atoms. The van der Waals surface area contributed by atoms with Gasteiger partial charge in [0.2, 0.25) is 5.89 Å². The van der Waals surface area contributed by atoms with Crippen LogP contribution in [0, 0.1) is 0 Å². The molecule has 4 aromatic heterocycles. The number of hydrogen-bond donors (Lipinski definition) is 0. The molecule has 8 aromatic carbocycles. The molecule has 4 heterocycles. The number of nitrogens with zero attached hydrogens (tertiary/aromatic N) is 3. The van der Waals surface area contributed by atoms with Gasteiger partial charge in [-0.15, -0.1) is 0 Å². The minimum absolute atomic E-state index is 0.586. The number of oxazole rings is 1. The van der Waals surface area contributed by atoms with Crippen LogP contribution in [0.25, 0.3) is 93.9 Å². The quantitative estimate of drug-likeness (QED) is 0.178. The minimum atomic E-state index is 0.586. The Morgan fingerprint density at radius 3 is 1.96 bits per heavy atom. The van der Waals surface area contributed by atoms with Gasteiger partial charge in [0, 0.05) is 61.0 Å². The monoisotopic (exact) mass is 707 g/mol. The first-order chi connectivity index (χ1) is 27.2. The van der Waals surface area contributed by atoms with Gasteiger partial charge >= 0.3 is 0 Å². The number of furan rings is 2. The van der Waals surface area contributed by atoms with Crippen molar-refractivity contribution in [2.75, 3.05) is 4.90 Å². The Labute approximate surface area is 313 Å². The predicted molar refractivity (Wildman–Crippen MR) is 223 cm³/mol. The molecular weight excluding hydrogens is 679 g/mol. The van der Waals surface area contributed by atoms with Crippen molar-refractivity contribution in [2.24, 2.45) is 0 Å². The fourth-order valence-electron chi connectivity index (χ4n) is 8.32. The zero-order chi connectivity index (χ0) is 36.0. The summed E-state index contributed by atoms with van der Waals surface area (Å²) in [6.45, 7) is 0. The first-order valence-corrected chi connectivity index (χ1v) is 18.4. The highest BCUT2D eigenvalue weighted by atomic mass is 16.4. The zero-order valence-corrected chi connectivity index (χ0v) is 29.3. The highest BCUT2D eigenvalue weighted by Crippen LogP contribution is 2.45. The van der Waals surface area contributed by atoms with Crippen molar-refractivity contribution in [1.82, 2.24) is 9.55 Å². The van der Waals surface area contributed by atoms with Crippen molar-refractivity contribution in [3.8, 4) is 17.1 Å². The Kier molecular flexibility index (Phi) is 6.24. The van der Waals surface area contributed by atoms with Crippen LogP contribution in [0.2, 0.25) is 0 Å². The molecule has 0 amide bonds. The second kappa shape index (κ2) is 11.5. The normalized spacial score (nSPS) is 12.0. The maximum atomic E-state index is 6.67.